The van der Waals surface area contributed by atoms with Crippen LogP contribution >= 0.6 is 24.0 Å². The third-order valence-electron chi connectivity index (χ3n) is 5.18. The molecule has 0 bridgehead atoms. The van der Waals surface area contributed by atoms with Gasteiger partial charge in [-0.2, -0.15) is 0 Å². The van der Waals surface area contributed by atoms with Crippen molar-refractivity contribution in [2.24, 2.45) is 0 Å². The maximum Gasteiger partial charge on any atom is 0.303 e. The van der Waals surface area contributed by atoms with E-state index in [0.717, 1.165) is 27.8 Å². The molecule has 9 heteroatoms. The number of likely N-dealkylation sites (tertiary alicyclic amines) is 1. The van der Waals surface area contributed by atoms with E-state index in [1.165, 1.54) is 4.90 Å². The van der Waals surface area contributed by atoms with Crippen molar-refractivity contribution in [3.05, 3.63) is 52.4 Å². The SMILES string of the molecule is CC(=Cc1ccccc1)C=C1SC(=S)N(C2CC(=O)N(CCCCCC(=O)O)C2=O)C1=O. The summed E-state index contributed by atoms with van der Waals surface area (Å²) in [5.41, 5.74) is 1.88. The first-order valence-electron chi connectivity index (χ1n) is 10.3. The van der Waals surface area contributed by atoms with E-state index < -0.39 is 17.9 Å². The minimum Gasteiger partial charge on any atom is -0.481 e. The molecule has 2 heterocycles. The van der Waals surface area contributed by atoms with Gasteiger partial charge in [0, 0.05) is 13.0 Å². The molecule has 1 N–H and O–H groups in total. The lowest BCUT2D eigenvalue weighted by Crippen LogP contribution is -2.44. The first-order chi connectivity index (χ1) is 15.3. The number of aliphatic carboxylic acids is 1. The van der Waals surface area contributed by atoms with Gasteiger partial charge in [-0.05, 0) is 37.0 Å². The molecule has 2 fully saturated rings. The van der Waals surface area contributed by atoms with Gasteiger partial charge in [0.2, 0.25) is 5.91 Å². The summed E-state index contributed by atoms with van der Waals surface area (Å²) < 4.78 is 0.267. The van der Waals surface area contributed by atoms with E-state index in [-0.39, 0.29) is 35.5 Å². The van der Waals surface area contributed by atoms with Crippen molar-refractivity contribution < 1.29 is 24.3 Å². The van der Waals surface area contributed by atoms with Gasteiger partial charge in [-0.25, -0.2) is 0 Å². The second-order valence-corrected chi connectivity index (χ2v) is 9.33. The molecule has 2 aliphatic rings. The van der Waals surface area contributed by atoms with Crippen molar-refractivity contribution in [1.82, 2.24) is 9.80 Å². The number of allylic oxidation sites excluding steroid dienone is 2. The molecule has 0 aliphatic carbocycles. The number of thioether (sulfide) groups is 1. The predicted octanol–water partition coefficient (Wildman–Crippen LogP) is 3.61. The maximum atomic E-state index is 13.0. The van der Waals surface area contributed by atoms with Gasteiger partial charge < -0.3 is 5.11 Å². The number of benzene rings is 1. The molecule has 32 heavy (non-hydrogen) atoms. The molecule has 0 spiro atoms. The molecule has 7 nitrogen and oxygen atoms in total. The minimum atomic E-state index is -0.918. The monoisotopic (exact) mass is 472 g/mol. The molecule has 1 unspecified atom stereocenters. The van der Waals surface area contributed by atoms with Crippen LogP contribution in [0.2, 0.25) is 0 Å². The van der Waals surface area contributed by atoms with Crippen LogP contribution in [0.3, 0.4) is 0 Å². The Balaban J connectivity index is 1.65. The lowest BCUT2D eigenvalue weighted by Gasteiger charge is -2.21. The number of hydrogen-bond donors (Lipinski definition) is 1. The third-order valence-corrected chi connectivity index (χ3v) is 6.51. The van der Waals surface area contributed by atoms with Crippen molar-refractivity contribution in [2.75, 3.05) is 6.54 Å². The number of carboxylic acid groups (broad SMARTS) is 1. The number of nitrogens with zero attached hydrogens (tertiary/aromatic N) is 2. The zero-order chi connectivity index (χ0) is 23.3. The van der Waals surface area contributed by atoms with Crippen LogP contribution in [0.1, 0.15) is 44.6 Å². The Labute approximate surface area is 196 Å². The Bertz CT molecular complexity index is 1000. The van der Waals surface area contributed by atoms with Crippen LogP contribution in [0.5, 0.6) is 0 Å². The first kappa shape index (κ1) is 23.9. The summed E-state index contributed by atoms with van der Waals surface area (Å²) in [6.07, 6.45) is 5.28. The standard InChI is InChI=1S/C23H24N2O5S2/c1-15(12-16-8-4-2-5-9-16)13-18-22(30)25(23(31)32-18)17-14-19(26)24(21(17)29)11-7-3-6-10-20(27)28/h2,4-5,8-9,12-13,17H,3,6-7,10-11,14H2,1H3,(H,27,28). The molecule has 3 rings (SSSR count). The zero-order valence-electron chi connectivity index (χ0n) is 17.7. The predicted molar refractivity (Wildman–Crippen MR) is 126 cm³/mol. The van der Waals surface area contributed by atoms with Crippen molar-refractivity contribution in [3.8, 4) is 0 Å². The third kappa shape index (κ3) is 5.72. The minimum absolute atomic E-state index is 0.0610. The van der Waals surface area contributed by atoms with E-state index in [1.54, 1.807) is 6.08 Å². The van der Waals surface area contributed by atoms with Crippen LogP contribution in [-0.4, -0.2) is 55.5 Å². The molecule has 168 valence electrons. The number of amides is 3. The molecule has 1 atom stereocenters. The number of carbonyl (C=O) groups is 4. The van der Waals surface area contributed by atoms with Gasteiger partial charge in [0.25, 0.3) is 11.8 Å². The van der Waals surface area contributed by atoms with Crippen molar-refractivity contribution in [3.63, 3.8) is 0 Å². The number of thiocarbonyl (C=S) groups is 1. The Hall–Kier alpha value is -2.78. The number of carboxylic acids is 1. The zero-order valence-corrected chi connectivity index (χ0v) is 19.3. The molecule has 1 aromatic carbocycles. The topological polar surface area (TPSA) is 95.0 Å². The molecule has 2 saturated heterocycles. The van der Waals surface area contributed by atoms with E-state index in [4.69, 9.17) is 17.3 Å². The lowest BCUT2D eigenvalue weighted by atomic mass is 10.1. The van der Waals surface area contributed by atoms with E-state index in [0.29, 0.717) is 24.2 Å². The molecule has 0 radical (unpaired) electrons. The van der Waals surface area contributed by atoms with E-state index in [1.807, 2.05) is 43.3 Å². The summed E-state index contributed by atoms with van der Waals surface area (Å²) in [5.74, 6) is -2.00. The van der Waals surface area contributed by atoms with Crippen LogP contribution in [0.25, 0.3) is 6.08 Å². The molecule has 3 amide bonds. The number of carbonyl (C=O) groups excluding carboxylic acids is 3. The molecular weight excluding hydrogens is 448 g/mol. The quantitative estimate of drug-likeness (QED) is 0.254. The fourth-order valence-corrected chi connectivity index (χ4v) is 5.04. The van der Waals surface area contributed by atoms with Crippen LogP contribution in [-0.2, 0) is 19.2 Å². The highest BCUT2D eigenvalue weighted by atomic mass is 32.2. The first-order valence-corrected chi connectivity index (χ1v) is 11.6. The smallest absolute Gasteiger partial charge is 0.303 e. The van der Waals surface area contributed by atoms with Crippen LogP contribution in [0.15, 0.2) is 46.9 Å². The van der Waals surface area contributed by atoms with Gasteiger partial charge in [0.1, 0.15) is 10.4 Å². The molecule has 2 aliphatic heterocycles. The van der Waals surface area contributed by atoms with Crippen LogP contribution in [0.4, 0.5) is 0 Å². The van der Waals surface area contributed by atoms with Crippen molar-refractivity contribution >= 4 is 58.1 Å². The number of imide groups is 1. The fraction of sp³-hybridized carbons (Fsp3) is 0.348. The molecular formula is C23H24N2O5S2. The van der Waals surface area contributed by atoms with Crippen LogP contribution in [0, 0.1) is 0 Å². The van der Waals surface area contributed by atoms with E-state index in [9.17, 15) is 19.2 Å². The molecule has 1 aromatic rings. The average Bonchev–Trinajstić information content (AvgIpc) is 3.16. The van der Waals surface area contributed by atoms with E-state index in [2.05, 4.69) is 0 Å². The summed E-state index contributed by atoms with van der Waals surface area (Å²) in [6.45, 7) is 2.10. The van der Waals surface area contributed by atoms with Gasteiger partial charge in [-0.15, -0.1) is 0 Å². The second-order valence-electron chi connectivity index (χ2n) is 7.66. The fourth-order valence-electron chi connectivity index (χ4n) is 3.63. The highest BCUT2D eigenvalue weighted by Crippen LogP contribution is 2.36. The summed E-state index contributed by atoms with van der Waals surface area (Å²) in [5, 5.41) is 8.69. The van der Waals surface area contributed by atoms with Gasteiger partial charge in [-0.1, -0.05) is 66.8 Å². The Kier molecular flexibility index (Phi) is 7.98. The van der Waals surface area contributed by atoms with Gasteiger partial charge in [0.05, 0.1) is 11.3 Å². The maximum absolute atomic E-state index is 13.0. The lowest BCUT2D eigenvalue weighted by molar-refractivity contribution is -0.141. The average molecular weight is 473 g/mol. The normalized spacial score (nSPS) is 20.7. The number of hydrogen-bond acceptors (Lipinski definition) is 6. The Morgan fingerprint density at radius 3 is 2.59 bits per heavy atom. The summed E-state index contributed by atoms with van der Waals surface area (Å²) in [6, 6.07) is 8.79. The summed E-state index contributed by atoms with van der Waals surface area (Å²) >= 11 is 6.49. The summed E-state index contributed by atoms with van der Waals surface area (Å²) in [4.78, 5) is 51.7. The van der Waals surface area contributed by atoms with Crippen molar-refractivity contribution in [2.45, 2.75) is 45.1 Å². The van der Waals surface area contributed by atoms with Crippen molar-refractivity contribution in [1.29, 1.82) is 0 Å². The van der Waals surface area contributed by atoms with Gasteiger partial charge in [-0.3, -0.25) is 29.0 Å². The van der Waals surface area contributed by atoms with Crippen LogP contribution < -0.4 is 0 Å². The molecule has 0 aromatic heterocycles. The molecule has 0 saturated carbocycles. The second kappa shape index (κ2) is 10.7. The Morgan fingerprint density at radius 2 is 1.91 bits per heavy atom. The van der Waals surface area contributed by atoms with E-state index >= 15 is 0 Å². The van der Waals surface area contributed by atoms with Gasteiger partial charge >= 0.3 is 5.97 Å². The largest absolute Gasteiger partial charge is 0.481 e. The highest BCUT2D eigenvalue weighted by molar-refractivity contribution is 8.26. The number of rotatable bonds is 9. The highest BCUT2D eigenvalue weighted by Gasteiger charge is 2.48. The summed E-state index contributed by atoms with van der Waals surface area (Å²) in [7, 11) is 0. The number of unbranched alkanes of at least 4 members (excludes halogenated alkanes) is 2. The Morgan fingerprint density at radius 1 is 1.19 bits per heavy atom. The van der Waals surface area contributed by atoms with Gasteiger partial charge in [0.15, 0.2) is 0 Å².